The quantitative estimate of drug-likeness (QED) is 0.850. The number of thiazole rings is 1. The zero-order valence-corrected chi connectivity index (χ0v) is 11.9. The molecule has 106 valence electrons. The number of benzene rings is 1. The minimum atomic E-state index is -0.948. The molecule has 0 saturated carbocycles. The summed E-state index contributed by atoms with van der Waals surface area (Å²) in [4.78, 5) is 15.0. The van der Waals surface area contributed by atoms with Gasteiger partial charge in [-0.25, -0.2) is 9.78 Å². The summed E-state index contributed by atoms with van der Waals surface area (Å²) in [6.07, 6.45) is 1.94. The minimum Gasteiger partial charge on any atom is -0.490 e. The molecule has 0 unspecified atom stereocenters. The number of carboxylic acid groups (broad SMARTS) is 1. The van der Waals surface area contributed by atoms with E-state index in [9.17, 15) is 4.79 Å². The molecule has 0 amide bonds. The van der Waals surface area contributed by atoms with Crippen LogP contribution in [0.15, 0.2) is 30.5 Å². The Hall–Kier alpha value is -2.08. The van der Waals surface area contributed by atoms with Crippen molar-refractivity contribution in [3.05, 3.63) is 40.3 Å². The highest BCUT2D eigenvalue weighted by Gasteiger charge is 2.09. The van der Waals surface area contributed by atoms with E-state index in [0.717, 1.165) is 5.01 Å². The highest BCUT2D eigenvalue weighted by atomic mass is 32.1. The molecule has 0 fully saturated rings. The van der Waals surface area contributed by atoms with Gasteiger partial charge in [0.2, 0.25) is 0 Å². The molecular weight excluding hydrogens is 278 g/mol. The number of aromatic carboxylic acids is 1. The molecule has 20 heavy (non-hydrogen) atoms. The summed E-state index contributed by atoms with van der Waals surface area (Å²) in [6, 6.07) is 7.46. The van der Waals surface area contributed by atoms with Crippen LogP contribution >= 0.6 is 11.3 Å². The average molecular weight is 293 g/mol. The molecule has 0 aliphatic rings. The molecule has 2 rings (SSSR count). The lowest BCUT2D eigenvalue weighted by Crippen LogP contribution is -2.03. The van der Waals surface area contributed by atoms with Gasteiger partial charge < -0.3 is 14.6 Å². The Morgan fingerprint density at radius 1 is 1.30 bits per heavy atom. The molecule has 0 atom stereocenters. The van der Waals surface area contributed by atoms with E-state index in [1.807, 2.05) is 31.2 Å². The molecule has 0 aliphatic carbocycles. The van der Waals surface area contributed by atoms with E-state index in [-0.39, 0.29) is 4.88 Å². The third-order valence-corrected chi connectivity index (χ3v) is 3.53. The largest absolute Gasteiger partial charge is 0.490 e. The number of rotatable bonds is 7. The molecule has 1 aromatic carbocycles. The molecule has 0 bridgehead atoms. The van der Waals surface area contributed by atoms with Gasteiger partial charge in [0.1, 0.15) is 4.88 Å². The smallest absolute Gasteiger partial charge is 0.347 e. The maximum atomic E-state index is 10.7. The van der Waals surface area contributed by atoms with Gasteiger partial charge in [0, 0.05) is 6.42 Å². The van der Waals surface area contributed by atoms with Crippen molar-refractivity contribution in [1.82, 2.24) is 4.98 Å². The van der Waals surface area contributed by atoms with Crippen LogP contribution in [0.4, 0.5) is 0 Å². The van der Waals surface area contributed by atoms with Crippen molar-refractivity contribution in [2.45, 2.75) is 13.3 Å². The van der Waals surface area contributed by atoms with Crippen molar-refractivity contribution in [2.75, 3.05) is 13.2 Å². The standard InChI is InChI=1S/C14H15NO4S/c1-2-18-10-5-3-4-6-11(10)19-8-7-13-15-9-12(20-13)14(16)17/h3-6,9H,2,7-8H2,1H3,(H,16,17). The van der Waals surface area contributed by atoms with Gasteiger partial charge in [-0.15, -0.1) is 11.3 Å². The molecule has 0 aliphatic heterocycles. The molecule has 5 nitrogen and oxygen atoms in total. The summed E-state index contributed by atoms with van der Waals surface area (Å²) in [7, 11) is 0. The fourth-order valence-corrected chi connectivity index (χ4v) is 2.35. The van der Waals surface area contributed by atoms with E-state index in [2.05, 4.69) is 4.98 Å². The van der Waals surface area contributed by atoms with E-state index in [0.29, 0.717) is 31.1 Å². The Bertz CT molecular complexity index is 582. The van der Waals surface area contributed by atoms with Crippen LogP contribution in [0.1, 0.15) is 21.6 Å². The lowest BCUT2D eigenvalue weighted by molar-refractivity contribution is 0.0702. The summed E-state index contributed by atoms with van der Waals surface area (Å²) >= 11 is 1.17. The molecule has 6 heteroatoms. The van der Waals surface area contributed by atoms with Crippen molar-refractivity contribution in [1.29, 1.82) is 0 Å². The van der Waals surface area contributed by atoms with E-state index >= 15 is 0 Å². The summed E-state index contributed by atoms with van der Waals surface area (Å²) in [5, 5.41) is 9.57. The summed E-state index contributed by atoms with van der Waals surface area (Å²) in [6.45, 7) is 2.92. The van der Waals surface area contributed by atoms with Gasteiger partial charge >= 0.3 is 5.97 Å². The third-order valence-electron chi connectivity index (χ3n) is 2.49. The first-order chi connectivity index (χ1) is 9.70. The molecule has 1 heterocycles. The van der Waals surface area contributed by atoms with Gasteiger partial charge in [-0.1, -0.05) is 12.1 Å². The fraction of sp³-hybridized carbons (Fsp3) is 0.286. The van der Waals surface area contributed by atoms with Crippen LogP contribution in [-0.4, -0.2) is 29.3 Å². The van der Waals surface area contributed by atoms with Gasteiger partial charge in [0.05, 0.1) is 24.4 Å². The highest BCUT2D eigenvalue weighted by Crippen LogP contribution is 2.26. The van der Waals surface area contributed by atoms with Crippen molar-refractivity contribution < 1.29 is 19.4 Å². The molecule has 1 aromatic heterocycles. The molecule has 0 radical (unpaired) electrons. The van der Waals surface area contributed by atoms with Crippen LogP contribution in [0.3, 0.4) is 0 Å². The van der Waals surface area contributed by atoms with Crippen LogP contribution in [-0.2, 0) is 6.42 Å². The number of ether oxygens (including phenoxy) is 2. The second-order valence-electron chi connectivity index (χ2n) is 3.90. The molecule has 2 aromatic rings. The van der Waals surface area contributed by atoms with Gasteiger partial charge in [-0.05, 0) is 19.1 Å². The van der Waals surface area contributed by atoms with E-state index in [1.54, 1.807) is 0 Å². The predicted octanol–water partition coefficient (Wildman–Crippen LogP) is 2.86. The van der Waals surface area contributed by atoms with Crippen molar-refractivity contribution in [2.24, 2.45) is 0 Å². The zero-order valence-electron chi connectivity index (χ0n) is 11.0. The number of carboxylic acids is 1. The van der Waals surface area contributed by atoms with Crippen LogP contribution in [0, 0.1) is 0 Å². The van der Waals surface area contributed by atoms with E-state index in [1.165, 1.54) is 17.5 Å². The fourth-order valence-electron chi connectivity index (χ4n) is 1.62. The first-order valence-corrected chi connectivity index (χ1v) is 7.05. The Balaban J connectivity index is 1.90. The Kier molecular flexibility index (Phi) is 4.95. The van der Waals surface area contributed by atoms with Crippen molar-refractivity contribution in [3.63, 3.8) is 0 Å². The number of hydrogen-bond acceptors (Lipinski definition) is 5. The van der Waals surface area contributed by atoms with Crippen molar-refractivity contribution >= 4 is 17.3 Å². The topological polar surface area (TPSA) is 68.7 Å². The van der Waals surface area contributed by atoms with Gasteiger partial charge in [-0.3, -0.25) is 0 Å². The average Bonchev–Trinajstić information content (AvgIpc) is 2.90. The number of para-hydroxylation sites is 2. The van der Waals surface area contributed by atoms with Gasteiger partial charge in [0.15, 0.2) is 11.5 Å². The first kappa shape index (κ1) is 14.3. The molecular formula is C14H15NO4S. The number of aromatic nitrogens is 1. The Morgan fingerprint density at radius 2 is 2.00 bits per heavy atom. The maximum absolute atomic E-state index is 10.7. The SMILES string of the molecule is CCOc1ccccc1OCCc1ncc(C(=O)O)s1. The first-order valence-electron chi connectivity index (χ1n) is 6.23. The van der Waals surface area contributed by atoms with Crippen LogP contribution in [0.2, 0.25) is 0 Å². The molecule has 0 saturated heterocycles. The van der Waals surface area contributed by atoms with E-state index < -0.39 is 5.97 Å². The van der Waals surface area contributed by atoms with Crippen molar-refractivity contribution in [3.8, 4) is 11.5 Å². The van der Waals surface area contributed by atoms with Gasteiger partial charge in [-0.2, -0.15) is 0 Å². The van der Waals surface area contributed by atoms with Crippen LogP contribution in [0.5, 0.6) is 11.5 Å². The summed E-state index contributed by atoms with van der Waals surface area (Å²) in [5.74, 6) is 0.445. The number of nitrogens with zero attached hydrogens (tertiary/aromatic N) is 1. The normalized spacial score (nSPS) is 10.2. The Morgan fingerprint density at radius 3 is 2.60 bits per heavy atom. The Labute approximate surface area is 120 Å². The number of carbonyl (C=O) groups is 1. The van der Waals surface area contributed by atoms with Crippen LogP contribution in [0.25, 0.3) is 0 Å². The lowest BCUT2D eigenvalue weighted by atomic mass is 10.3. The zero-order chi connectivity index (χ0) is 14.4. The number of hydrogen-bond donors (Lipinski definition) is 1. The second-order valence-corrected chi connectivity index (χ2v) is 5.02. The lowest BCUT2D eigenvalue weighted by Gasteiger charge is -2.10. The predicted molar refractivity (Wildman–Crippen MR) is 75.9 cm³/mol. The summed E-state index contributed by atoms with van der Waals surface area (Å²) in [5.41, 5.74) is 0. The highest BCUT2D eigenvalue weighted by molar-refractivity contribution is 7.13. The third kappa shape index (κ3) is 3.71. The minimum absolute atomic E-state index is 0.245. The van der Waals surface area contributed by atoms with Crippen LogP contribution < -0.4 is 9.47 Å². The molecule has 1 N–H and O–H groups in total. The van der Waals surface area contributed by atoms with Gasteiger partial charge in [0.25, 0.3) is 0 Å². The van der Waals surface area contributed by atoms with E-state index in [4.69, 9.17) is 14.6 Å². The molecule has 0 spiro atoms. The second kappa shape index (κ2) is 6.91. The summed E-state index contributed by atoms with van der Waals surface area (Å²) < 4.78 is 11.1. The monoisotopic (exact) mass is 293 g/mol. The maximum Gasteiger partial charge on any atom is 0.347 e.